The Labute approximate surface area is 198 Å². The van der Waals surface area contributed by atoms with E-state index in [0.717, 1.165) is 21.5 Å². The van der Waals surface area contributed by atoms with Gasteiger partial charge in [-0.1, -0.05) is 60.7 Å². The van der Waals surface area contributed by atoms with Crippen molar-refractivity contribution in [3.63, 3.8) is 0 Å². The Morgan fingerprint density at radius 2 is 0.971 bits per heavy atom. The average Bonchev–Trinajstić information content (AvgIpc) is 2.78. The summed E-state index contributed by atoms with van der Waals surface area (Å²) in [4.78, 5) is 25.1. The fourth-order valence-corrected chi connectivity index (χ4v) is 3.92. The molecule has 0 aromatic heterocycles. The lowest BCUT2D eigenvalue weighted by Gasteiger charge is -2.19. The lowest BCUT2D eigenvalue weighted by Crippen LogP contribution is -2.33. The highest BCUT2D eigenvalue weighted by Crippen LogP contribution is 2.45. The highest BCUT2D eigenvalue weighted by Gasteiger charge is 2.22. The van der Waals surface area contributed by atoms with Crippen LogP contribution in [0.1, 0.15) is 27.7 Å². The summed E-state index contributed by atoms with van der Waals surface area (Å²) in [5, 5.41) is 9.23. The second-order valence-corrected chi connectivity index (χ2v) is 8.70. The van der Waals surface area contributed by atoms with Gasteiger partial charge in [0.2, 0.25) is 0 Å². The Morgan fingerprint density at radius 3 is 1.35 bits per heavy atom. The first-order chi connectivity index (χ1) is 16.3. The van der Waals surface area contributed by atoms with Gasteiger partial charge in [0.15, 0.2) is 0 Å². The normalized spacial score (nSPS) is 11.1. The number of hydrogen-bond donors (Lipinski definition) is 2. The van der Waals surface area contributed by atoms with Gasteiger partial charge >= 0.3 is 12.2 Å². The van der Waals surface area contributed by atoms with Crippen LogP contribution in [0.3, 0.4) is 0 Å². The third kappa shape index (κ3) is 4.96. The quantitative estimate of drug-likeness (QED) is 0.352. The molecule has 4 rings (SSSR count). The van der Waals surface area contributed by atoms with E-state index < -0.39 is 12.2 Å². The predicted octanol–water partition coefficient (Wildman–Crippen LogP) is 6.65. The Morgan fingerprint density at radius 1 is 0.588 bits per heavy atom. The van der Waals surface area contributed by atoms with E-state index in [-0.39, 0.29) is 12.1 Å². The molecule has 0 aliphatic rings. The molecule has 0 saturated carbocycles. The molecule has 2 amide bonds. The van der Waals surface area contributed by atoms with E-state index in [4.69, 9.17) is 9.47 Å². The van der Waals surface area contributed by atoms with Gasteiger partial charge in [0.05, 0.1) is 0 Å². The van der Waals surface area contributed by atoms with Crippen molar-refractivity contribution in [2.45, 2.75) is 39.8 Å². The van der Waals surface area contributed by atoms with E-state index in [9.17, 15) is 9.59 Å². The van der Waals surface area contributed by atoms with Crippen molar-refractivity contribution in [1.82, 2.24) is 10.6 Å². The maximum absolute atomic E-state index is 12.6. The third-order valence-electron chi connectivity index (χ3n) is 5.25. The zero-order valence-corrected chi connectivity index (χ0v) is 19.7. The van der Waals surface area contributed by atoms with Gasteiger partial charge in [0, 0.05) is 23.2 Å². The minimum Gasteiger partial charge on any atom is -0.410 e. The van der Waals surface area contributed by atoms with Crippen LogP contribution in [0.25, 0.3) is 32.7 Å². The largest absolute Gasteiger partial charge is 0.412 e. The molecule has 0 spiro atoms. The van der Waals surface area contributed by atoms with E-state index in [1.165, 1.54) is 0 Å². The number of fused-ring (bicyclic) bond motifs is 2. The monoisotopic (exact) mass is 456 g/mol. The minimum atomic E-state index is -0.549. The average molecular weight is 457 g/mol. The van der Waals surface area contributed by atoms with Crippen LogP contribution in [0.2, 0.25) is 0 Å². The van der Waals surface area contributed by atoms with Crippen molar-refractivity contribution in [2.24, 2.45) is 0 Å². The molecule has 0 fully saturated rings. The number of nitrogens with one attached hydrogen (secondary N) is 2. The molecule has 6 heteroatoms. The maximum Gasteiger partial charge on any atom is 0.412 e. The molecular formula is C28H28N2O4. The minimum absolute atomic E-state index is 0.0763. The van der Waals surface area contributed by atoms with Crippen molar-refractivity contribution in [3.8, 4) is 22.6 Å². The highest BCUT2D eigenvalue weighted by molar-refractivity contribution is 6.10. The molecule has 0 heterocycles. The third-order valence-corrected chi connectivity index (χ3v) is 5.25. The topological polar surface area (TPSA) is 76.7 Å². The molecule has 174 valence electrons. The van der Waals surface area contributed by atoms with Crippen LogP contribution >= 0.6 is 0 Å². The molecule has 34 heavy (non-hydrogen) atoms. The summed E-state index contributed by atoms with van der Waals surface area (Å²) in [6.07, 6.45) is -1.10. The number of benzene rings is 4. The number of amides is 2. The van der Waals surface area contributed by atoms with Crippen LogP contribution in [0.4, 0.5) is 9.59 Å². The van der Waals surface area contributed by atoms with Crippen molar-refractivity contribution in [3.05, 3.63) is 72.8 Å². The lowest BCUT2D eigenvalue weighted by molar-refractivity contribution is 0.196. The van der Waals surface area contributed by atoms with Gasteiger partial charge in [-0.05, 0) is 61.4 Å². The van der Waals surface area contributed by atoms with Gasteiger partial charge in [-0.25, -0.2) is 9.59 Å². The van der Waals surface area contributed by atoms with Gasteiger partial charge in [0.1, 0.15) is 11.5 Å². The Hall–Kier alpha value is -4.06. The fourth-order valence-electron chi connectivity index (χ4n) is 3.92. The van der Waals surface area contributed by atoms with Gasteiger partial charge < -0.3 is 20.1 Å². The first-order valence-electron chi connectivity index (χ1n) is 11.3. The van der Waals surface area contributed by atoms with Crippen LogP contribution in [0, 0.1) is 0 Å². The van der Waals surface area contributed by atoms with Gasteiger partial charge in [-0.3, -0.25) is 0 Å². The summed E-state index contributed by atoms with van der Waals surface area (Å²) in [5.74, 6) is 0.754. The van der Waals surface area contributed by atoms with E-state index in [1.54, 1.807) is 12.1 Å². The zero-order chi connectivity index (χ0) is 24.2. The highest BCUT2D eigenvalue weighted by atomic mass is 16.6. The standard InChI is InChI=1S/C28H28N2O4/c1-17(2)29-27(31)33-23-15-13-19-9-5-7-11-21(19)25(23)26-22-12-8-6-10-20(22)14-16-24(26)34-28(32)30-18(3)4/h5-18H,1-4H3,(H,29,31)(H,30,32). The molecule has 0 saturated heterocycles. The van der Waals surface area contributed by atoms with E-state index in [1.807, 2.05) is 88.4 Å². The molecule has 2 N–H and O–H groups in total. The molecule has 6 nitrogen and oxygen atoms in total. The molecule has 0 bridgehead atoms. The van der Waals surface area contributed by atoms with Gasteiger partial charge in [-0.2, -0.15) is 0 Å². The molecule has 0 unspecified atom stereocenters. The van der Waals surface area contributed by atoms with Crippen molar-refractivity contribution in [2.75, 3.05) is 0 Å². The van der Waals surface area contributed by atoms with Gasteiger partial charge in [0.25, 0.3) is 0 Å². The van der Waals surface area contributed by atoms with Gasteiger partial charge in [-0.15, -0.1) is 0 Å². The van der Waals surface area contributed by atoms with Crippen molar-refractivity contribution >= 4 is 33.7 Å². The summed E-state index contributed by atoms with van der Waals surface area (Å²) < 4.78 is 11.6. The molecular weight excluding hydrogens is 428 g/mol. The van der Waals surface area contributed by atoms with Crippen molar-refractivity contribution < 1.29 is 19.1 Å². The molecule has 4 aromatic carbocycles. The summed E-state index contributed by atoms with van der Waals surface area (Å²) >= 11 is 0. The summed E-state index contributed by atoms with van der Waals surface area (Å²) in [5.41, 5.74) is 1.36. The second-order valence-electron chi connectivity index (χ2n) is 8.70. The van der Waals surface area contributed by atoms with Crippen molar-refractivity contribution in [1.29, 1.82) is 0 Å². The SMILES string of the molecule is CC(C)NC(=O)Oc1ccc2ccccc2c1-c1c(OC(=O)NC(C)C)ccc2ccccc12. The van der Waals surface area contributed by atoms with Crippen LogP contribution < -0.4 is 20.1 Å². The first kappa shape index (κ1) is 23.1. The molecule has 0 aliphatic carbocycles. The molecule has 0 aliphatic heterocycles. The van der Waals surface area contributed by atoms with Crippen LogP contribution in [0.15, 0.2) is 72.8 Å². The van der Waals surface area contributed by atoms with E-state index in [0.29, 0.717) is 22.6 Å². The number of carbonyl (C=O) groups excluding carboxylic acids is 2. The fraction of sp³-hybridized carbons (Fsp3) is 0.214. The predicted molar refractivity (Wildman–Crippen MR) is 135 cm³/mol. The number of carbonyl (C=O) groups is 2. The van der Waals surface area contributed by atoms with Crippen LogP contribution in [-0.4, -0.2) is 24.3 Å². The molecule has 0 atom stereocenters. The smallest absolute Gasteiger partial charge is 0.410 e. The summed E-state index contributed by atoms with van der Waals surface area (Å²) in [6, 6.07) is 22.9. The Bertz CT molecular complexity index is 1260. The Balaban J connectivity index is 1.98. The molecule has 0 radical (unpaired) electrons. The first-order valence-corrected chi connectivity index (χ1v) is 11.3. The van der Waals surface area contributed by atoms with E-state index >= 15 is 0 Å². The summed E-state index contributed by atoms with van der Waals surface area (Å²) in [7, 11) is 0. The van der Waals surface area contributed by atoms with Crippen LogP contribution in [0.5, 0.6) is 11.5 Å². The lowest BCUT2D eigenvalue weighted by atomic mass is 9.92. The maximum atomic E-state index is 12.6. The number of ether oxygens (including phenoxy) is 2. The van der Waals surface area contributed by atoms with E-state index in [2.05, 4.69) is 10.6 Å². The Kier molecular flexibility index (Phi) is 6.68. The number of hydrogen-bond acceptors (Lipinski definition) is 4. The zero-order valence-electron chi connectivity index (χ0n) is 19.7. The molecule has 4 aromatic rings. The number of rotatable bonds is 5. The second kappa shape index (κ2) is 9.83. The summed E-state index contributed by atoms with van der Waals surface area (Å²) in [6.45, 7) is 7.47. The van der Waals surface area contributed by atoms with Crippen LogP contribution in [-0.2, 0) is 0 Å².